The SMILES string of the molecule is CC(=O)[C@H](C)[C@@H](C)C=O. The van der Waals surface area contributed by atoms with Crippen molar-refractivity contribution >= 4 is 12.1 Å². The van der Waals surface area contributed by atoms with Crippen LogP contribution in [0.15, 0.2) is 0 Å². The van der Waals surface area contributed by atoms with Crippen molar-refractivity contribution in [2.24, 2.45) is 11.8 Å². The second-order valence-corrected chi connectivity index (χ2v) is 2.39. The van der Waals surface area contributed by atoms with Crippen molar-refractivity contribution in [3.8, 4) is 0 Å². The topological polar surface area (TPSA) is 34.1 Å². The molecule has 0 aliphatic heterocycles. The molecule has 0 aromatic heterocycles. The summed E-state index contributed by atoms with van der Waals surface area (Å²) >= 11 is 0. The van der Waals surface area contributed by atoms with E-state index >= 15 is 0 Å². The maximum Gasteiger partial charge on any atom is 0.133 e. The number of hydrogen-bond donors (Lipinski definition) is 0. The fraction of sp³-hybridized carbons (Fsp3) is 0.714. The summed E-state index contributed by atoms with van der Waals surface area (Å²) in [6, 6.07) is 0. The third kappa shape index (κ3) is 2.40. The first-order valence-corrected chi connectivity index (χ1v) is 3.05. The Bertz CT molecular complexity index is 118. The van der Waals surface area contributed by atoms with Crippen molar-refractivity contribution in [3.05, 3.63) is 0 Å². The quantitative estimate of drug-likeness (QED) is 0.532. The van der Waals surface area contributed by atoms with Crippen molar-refractivity contribution in [2.45, 2.75) is 20.8 Å². The normalized spacial score (nSPS) is 16.3. The zero-order chi connectivity index (χ0) is 7.44. The molecule has 0 aromatic carbocycles. The van der Waals surface area contributed by atoms with E-state index in [1.807, 2.05) is 0 Å². The first-order chi connectivity index (χ1) is 4.09. The summed E-state index contributed by atoms with van der Waals surface area (Å²) in [6.45, 7) is 5.02. The maximum absolute atomic E-state index is 10.6. The van der Waals surface area contributed by atoms with Gasteiger partial charge in [-0.05, 0) is 6.92 Å². The zero-order valence-corrected chi connectivity index (χ0v) is 6.05. The van der Waals surface area contributed by atoms with Crippen LogP contribution in [-0.2, 0) is 9.59 Å². The maximum atomic E-state index is 10.6. The van der Waals surface area contributed by atoms with E-state index < -0.39 is 0 Å². The lowest BCUT2D eigenvalue weighted by Crippen LogP contribution is -2.16. The molecule has 0 saturated carbocycles. The molecule has 0 aliphatic rings. The second kappa shape index (κ2) is 3.38. The Labute approximate surface area is 55.3 Å². The number of carbonyl (C=O) groups is 2. The molecular weight excluding hydrogens is 116 g/mol. The third-order valence-corrected chi connectivity index (χ3v) is 1.64. The first kappa shape index (κ1) is 8.34. The van der Waals surface area contributed by atoms with E-state index in [4.69, 9.17) is 0 Å². The van der Waals surface area contributed by atoms with Crippen LogP contribution >= 0.6 is 0 Å². The van der Waals surface area contributed by atoms with Crippen LogP contribution in [0.25, 0.3) is 0 Å². The predicted molar refractivity (Wildman–Crippen MR) is 35.1 cm³/mol. The Kier molecular flexibility index (Phi) is 3.13. The predicted octanol–water partition coefficient (Wildman–Crippen LogP) is 1.05. The molecule has 0 radical (unpaired) electrons. The van der Waals surface area contributed by atoms with Crippen molar-refractivity contribution in [1.82, 2.24) is 0 Å². The van der Waals surface area contributed by atoms with Gasteiger partial charge in [0.15, 0.2) is 0 Å². The summed E-state index contributed by atoms with van der Waals surface area (Å²) in [5.41, 5.74) is 0. The van der Waals surface area contributed by atoms with Gasteiger partial charge in [0, 0.05) is 11.8 Å². The molecule has 0 bridgehead atoms. The molecule has 0 rings (SSSR count). The summed E-state index contributed by atoms with van der Waals surface area (Å²) in [6.07, 6.45) is 0.812. The molecule has 2 atom stereocenters. The molecular formula is C7H12O2. The van der Waals surface area contributed by atoms with Crippen LogP contribution in [-0.4, -0.2) is 12.1 Å². The highest BCUT2D eigenvalue weighted by Gasteiger charge is 2.14. The van der Waals surface area contributed by atoms with Gasteiger partial charge in [0.25, 0.3) is 0 Å². The summed E-state index contributed by atoms with van der Waals surface area (Å²) in [4.78, 5) is 20.7. The summed E-state index contributed by atoms with van der Waals surface area (Å²) in [5.74, 6) is -0.181. The van der Waals surface area contributed by atoms with Crippen molar-refractivity contribution in [1.29, 1.82) is 0 Å². The minimum atomic E-state index is -0.137. The van der Waals surface area contributed by atoms with Gasteiger partial charge in [-0.15, -0.1) is 0 Å². The minimum absolute atomic E-state index is 0.0783. The van der Waals surface area contributed by atoms with E-state index in [0.717, 1.165) is 6.29 Å². The molecule has 0 heterocycles. The number of rotatable bonds is 3. The van der Waals surface area contributed by atoms with E-state index in [1.165, 1.54) is 6.92 Å². The Morgan fingerprint density at radius 3 is 2.00 bits per heavy atom. The third-order valence-electron chi connectivity index (χ3n) is 1.64. The van der Waals surface area contributed by atoms with Crippen LogP contribution in [0.5, 0.6) is 0 Å². The van der Waals surface area contributed by atoms with Gasteiger partial charge in [-0.1, -0.05) is 13.8 Å². The van der Waals surface area contributed by atoms with Gasteiger partial charge in [0.1, 0.15) is 12.1 Å². The lowest BCUT2D eigenvalue weighted by molar-refractivity contribution is -0.124. The molecule has 0 unspecified atom stereocenters. The molecule has 9 heavy (non-hydrogen) atoms. The van der Waals surface area contributed by atoms with Crippen molar-refractivity contribution in [2.75, 3.05) is 0 Å². The molecule has 2 heteroatoms. The highest BCUT2D eigenvalue weighted by molar-refractivity contribution is 5.80. The van der Waals surface area contributed by atoms with E-state index in [0.29, 0.717) is 0 Å². The van der Waals surface area contributed by atoms with Crippen LogP contribution in [0.3, 0.4) is 0 Å². The van der Waals surface area contributed by atoms with E-state index in [-0.39, 0.29) is 17.6 Å². The Hall–Kier alpha value is -0.660. The molecule has 0 aliphatic carbocycles. The summed E-state index contributed by atoms with van der Waals surface area (Å²) in [7, 11) is 0. The molecule has 0 spiro atoms. The highest BCUT2D eigenvalue weighted by Crippen LogP contribution is 2.07. The highest BCUT2D eigenvalue weighted by atomic mass is 16.1. The lowest BCUT2D eigenvalue weighted by Gasteiger charge is -2.08. The number of hydrogen-bond acceptors (Lipinski definition) is 2. The van der Waals surface area contributed by atoms with Gasteiger partial charge in [-0.3, -0.25) is 4.79 Å². The van der Waals surface area contributed by atoms with Gasteiger partial charge >= 0.3 is 0 Å². The molecule has 2 nitrogen and oxygen atoms in total. The Balaban J connectivity index is 3.86. The van der Waals surface area contributed by atoms with Crippen LogP contribution in [0.1, 0.15) is 20.8 Å². The second-order valence-electron chi connectivity index (χ2n) is 2.39. The molecule has 0 amide bonds. The lowest BCUT2D eigenvalue weighted by atomic mass is 9.94. The fourth-order valence-electron chi connectivity index (χ4n) is 0.488. The fourth-order valence-corrected chi connectivity index (χ4v) is 0.488. The van der Waals surface area contributed by atoms with E-state index in [1.54, 1.807) is 13.8 Å². The average molecular weight is 128 g/mol. The van der Waals surface area contributed by atoms with Crippen molar-refractivity contribution in [3.63, 3.8) is 0 Å². The van der Waals surface area contributed by atoms with E-state index in [2.05, 4.69) is 0 Å². The smallest absolute Gasteiger partial charge is 0.133 e. The molecule has 0 saturated heterocycles. The molecule has 0 N–H and O–H groups in total. The average Bonchev–Trinajstić information content (AvgIpc) is 1.84. The van der Waals surface area contributed by atoms with Gasteiger partial charge in [-0.2, -0.15) is 0 Å². The van der Waals surface area contributed by atoms with Gasteiger partial charge in [0.2, 0.25) is 0 Å². The number of aldehydes is 1. The minimum Gasteiger partial charge on any atom is -0.303 e. The monoisotopic (exact) mass is 128 g/mol. The summed E-state index contributed by atoms with van der Waals surface area (Å²) < 4.78 is 0. The number of Topliss-reactive ketones (excluding diaryl/α,β-unsaturated/α-hetero) is 1. The van der Waals surface area contributed by atoms with Crippen LogP contribution < -0.4 is 0 Å². The van der Waals surface area contributed by atoms with Crippen LogP contribution in [0.4, 0.5) is 0 Å². The summed E-state index contributed by atoms with van der Waals surface area (Å²) in [5, 5.41) is 0. The largest absolute Gasteiger partial charge is 0.303 e. The van der Waals surface area contributed by atoms with Gasteiger partial charge < -0.3 is 4.79 Å². The molecule has 52 valence electrons. The number of ketones is 1. The van der Waals surface area contributed by atoms with Crippen molar-refractivity contribution < 1.29 is 9.59 Å². The standard InChI is InChI=1S/C7H12O2/c1-5(4-8)6(2)7(3)9/h4-6H,1-3H3/t5-,6+/m0/s1. The van der Waals surface area contributed by atoms with Crippen LogP contribution in [0.2, 0.25) is 0 Å². The first-order valence-electron chi connectivity index (χ1n) is 3.05. The van der Waals surface area contributed by atoms with E-state index in [9.17, 15) is 9.59 Å². The zero-order valence-electron chi connectivity index (χ0n) is 6.05. The molecule has 0 aromatic rings. The van der Waals surface area contributed by atoms with Crippen LogP contribution in [0, 0.1) is 11.8 Å². The molecule has 0 fully saturated rings. The number of carbonyl (C=O) groups excluding carboxylic acids is 2. The van der Waals surface area contributed by atoms with Gasteiger partial charge in [0.05, 0.1) is 0 Å². The Morgan fingerprint density at radius 2 is 1.89 bits per heavy atom. The van der Waals surface area contributed by atoms with Gasteiger partial charge in [-0.25, -0.2) is 0 Å². The Morgan fingerprint density at radius 1 is 1.44 bits per heavy atom.